The summed E-state index contributed by atoms with van der Waals surface area (Å²) in [5.74, 6) is 0. The summed E-state index contributed by atoms with van der Waals surface area (Å²) in [6, 6.07) is 0. The summed E-state index contributed by atoms with van der Waals surface area (Å²) in [6.45, 7) is 2.39. The number of hydrogen-bond donors (Lipinski definition) is 1. The zero-order valence-corrected chi connectivity index (χ0v) is 7.47. The van der Waals surface area contributed by atoms with Crippen LogP contribution in [0.4, 0.5) is 0 Å². The third kappa shape index (κ3) is 2.32. The number of aliphatic hydroxyl groups excluding tert-OH is 1. The van der Waals surface area contributed by atoms with Crippen LogP contribution in [-0.2, 0) is 11.8 Å². The summed E-state index contributed by atoms with van der Waals surface area (Å²) in [7, 11) is 1.95. The van der Waals surface area contributed by atoms with Crippen molar-refractivity contribution in [2.24, 2.45) is 7.05 Å². The number of aliphatic hydroxyl groups is 1. The highest BCUT2D eigenvalue weighted by Crippen LogP contribution is 1.95. The minimum atomic E-state index is -0.0154. The fraction of sp³-hybridized carbons (Fsp3) is 0.625. The van der Waals surface area contributed by atoms with Crippen molar-refractivity contribution in [2.45, 2.75) is 13.2 Å². The van der Waals surface area contributed by atoms with Crippen molar-refractivity contribution < 1.29 is 14.4 Å². The predicted octanol–water partition coefficient (Wildman–Crippen LogP) is -0.160. The smallest absolute Gasteiger partial charge is 0.245 e. The molecule has 0 bridgehead atoms. The molecule has 1 rings (SSSR count). The van der Waals surface area contributed by atoms with Crippen LogP contribution in [-0.4, -0.2) is 22.9 Å². The van der Waals surface area contributed by atoms with Crippen LogP contribution in [0.25, 0.3) is 0 Å². The number of hydrogen-bond acceptors (Lipinski definition) is 2. The van der Waals surface area contributed by atoms with E-state index in [1.807, 2.05) is 41.8 Å². The van der Waals surface area contributed by atoms with Gasteiger partial charge in [-0.05, 0) is 0 Å². The van der Waals surface area contributed by atoms with Crippen LogP contribution in [0.15, 0.2) is 18.7 Å². The molecule has 68 valence electrons. The van der Waals surface area contributed by atoms with Gasteiger partial charge in [0.25, 0.3) is 0 Å². The van der Waals surface area contributed by atoms with E-state index in [0.29, 0.717) is 6.61 Å². The van der Waals surface area contributed by atoms with Crippen LogP contribution in [0.5, 0.6) is 0 Å². The number of aryl methyl sites for hydroxylation is 1. The first-order chi connectivity index (χ1) is 5.74. The van der Waals surface area contributed by atoms with Gasteiger partial charge in [0.05, 0.1) is 20.3 Å². The highest BCUT2D eigenvalue weighted by Gasteiger charge is 2.09. The summed E-state index contributed by atoms with van der Waals surface area (Å²) in [6.07, 6.45) is 5.79. The molecule has 1 unspecified atom stereocenters. The standard InChI is InChI=1S/C8H15N2O2/c1-8(12-6-5-11)10-4-3-9(2)7-10/h3-4,7-8,11H,5-6H2,1-2H3/q+1. The third-order valence-corrected chi connectivity index (χ3v) is 1.66. The topological polar surface area (TPSA) is 38.3 Å². The highest BCUT2D eigenvalue weighted by atomic mass is 16.5. The van der Waals surface area contributed by atoms with Crippen molar-refractivity contribution in [3.05, 3.63) is 18.7 Å². The number of ether oxygens (including phenoxy) is 1. The van der Waals surface area contributed by atoms with Crippen LogP contribution < -0.4 is 4.57 Å². The molecule has 1 aromatic heterocycles. The Kier molecular flexibility index (Phi) is 3.25. The number of rotatable bonds is 4. The largest absolute Gasteiger partial charge is 0.394 e. The van der Waals surface area contributed by atoms with Gasteiger partial charge < -0.3 is 9.84 Å². The number of imidazole rings is 1. The Morgan fingerprint density at radius 2 is 2.42 bits per heavy atom. The predicted molar refractivity (Wildman–Crippen MR) is 43.4 cm³/mol. The average Bonchev–Trinajstić information content (AvgIpc) is 2.47. The van der Waals surface area contributed by atoms with E-state index < -0.39 is 0 Å². The Morgan fingerprint density at radius 1 is 1.67 bits per heavy atom. The van der Waals surface area contributed by atoms with Gasteiger partial charge in [-0.15, -0.1) is 0 Å². The average molecular weight is 171 g/mol. The first-order valence-electron chi connectivity index (χ1n) is 3.99. The van der Waals surface area contributed by atoms with E-state index in [4.69, 9.17) is 9.84 Å². The van der Waals surface area contributed by atoms with Gasteiger partial charge in [-0.1, -0.05) is 0 Å². The quantitative estimate of drug-likeness (QED) is 0.639. The lowest BCUT2D eigenvalue weighted by Gasteiger charge is -2.07. The lowest BCUT2D eigenvalue weighted by atomic mass is 10.6. The molecule has 0 spiro atoms. The van der Waals surface area contributed by atoms with Crippen LogP contribution in [0.3, 0.4) is 0 Å². The molecule has 12 heavy (non-hydrogen) atoms. The summed E-state index contributed by atoms with van der Waals surface area (Å²) in [5, 5.41) is 8.53. The maximum atomic E-state index is 8.53. The Bertz CT molecular complexity index is 235. The van der Waals surface area contributed by atoms with Crippen molar-refractivity contribution in [1.82, 2.24) is 4.57 Å². The molecule has 0 amide bonds. The van der Waals surface area contributed by atoms with Crippen LogP contribution in [0.2, 0.25) is 0 Å². The SMILES string of the molecule is CC(OCCO)[n+]1ccn(C)c1. The van der Waals surface area contributed by atoms with Gasteiger partial charge in [-0.25, -0.2) is 9.13 Å². The van der Waals surface area contributed by atoms with Gasteiger partial charge in [0.15, 0.2) is 6.23 Å². The summed E-state index contributed by atoms with van der Waals surface area (Å²) in [4.78, 5) is 0. The maximum absolute atomic E-state index is 8.53. The lowest BCUT2D eigenvalue weighted by Crippen LogP contribution is -2.37. The molecule has 0 radical (unpaired) electrons. The third-order valence-electron chi connectivity index (χ3n) is 1.66. The molecule has 0 aliphatic carbocycles. The minimum Gasteiger partial charge on any atom is -0.394 e. The summed E-state index contributed by atoms with van der Waals surface area (Å²) in [5.41, 5.74) is 0. The Labute approximate surface area is 72.0 Å². The molecule has 0 aliphatic heterocycles. The van der Waals surface area contributed by atoms with Crippen LogP contribution in [0.1, 0.15) is 13.2 Å². The van der Waals surface area contributed by atoms with Crippen molar-refractivity contribution in [3.63, 3.8) is 0 Å². The molecule has 0 saturated heterocycles. The Balaban J connectivity index is 2.47. The molecule has 0 aromatic carbocycles. The second-order valence-electron chi connectivity index (χ2n) is 2.72. The first-order valence-corrected chi connectivity index (χ1v) is 3.99. The second kappa shape index (κ2) is 4.23. The van der Waals surface area contributed by atoms with E-state index in [1.54, 1.807) is 0 Å². The monoisotopic (exact) mass is 171 g/mol. The fourth-order valence-electron chi connectivity index (χ4n) is 0.994. The zero-order valence-electron chi connectivity index (χ0n) is 7.47. The van der Waals surface area contributed by atoms with Crippen molar-refractivity contribution in [3.8, 4) is 0 Å². The van der Waals surface area contributed by atoms with Gasteiger partial charge in [0.1, 0.15) is 12.4 Å². The van der Waals surface area contributed by atoms with Gasteiger partial charge in [0.2, 0.25) is 6.33 Å². The summed E-state index contributed by atoms with van der Waals surface area (Å²) < 4.78 is 9.17. The van der Waals surface area contributed by atoms with E-state index in [1.165, 1.54) is 0 Å². The normalized spacial score (nSPS) is 13.2. The molecule has 1 aromatic rings. The molecule has 0 saturated carbocycles. The van der Waals surface area contributed by atoms with Crippen LogP contribution in [0, 0.1) is 0 Å². The highest BCUT2D eigenvalue weighted by molar-refractivity contribution is 4.62. The van der Waals surface area contributed by atoms with Crippen molar-refractivity contribution in [2.75, 3.05) is 13.2 Å². The second-order valence-corrected chi connectivity index (χ2v) is 2.72. The van der Waals surface area contributed by atoms with Crippen molar-refractivity contribution >= 4 is 0 Å². The van der Waals surface area contributed by atoms with E-state index in [9.17, 15) is 0 Å². The van der Waals surface area contributed by atoms with E-state index in [2.05, 4.69) is 0 Å². The zero-order chi connectivity index (χ0) is 8.97. The summed E-state index contributed by atoms with van der Waals surface area (Å²) >= 11 is 0. The molecule has 1 atom stereocenters. The lowest BCUT2D eigenvalue weighted by molar-refractivity contribution is -0.758. The van der Waals surface area contributed by atoms with E-state index in [0.717, 1.165) is 0 Å². The number of aromatic nitrogens is 2. The molecule has 0 aliphatic rings. The molecule has 4 nitrogen and oxygen atoms in total. The minimum absolute atomic E-state index is 0.0154. The first kappa shape index (κ1) is 9.22. The number of nitrogens with zero attached hydrogens (tertiary/aromatic N) is 2. The van der Waals surface area contributed by atoms with E-state index in [-0.39, 0.29) is 12.8 Å². The Hall–Kier alpha value is -0.870. The van der Waals surface area contributed by atoms with Gasteiger partial charge in [-0.3, -0.25) is 0 Å². The molecule has 1 N–H and O–H groups in total. The van der Waals surface area contributed by atoms with Crippen LogP contribution >= 0.6 is 0 Å². The molecule has 1 heterocycles. The van der Waals surface area contributed by atoms with Gasteiger partial charge in [0, 0.05) is 6.92 Å². The maximum Gasteiger partial charge on any atom is 0.245 e. The fourth-order valence-corrected chi connectivity index (χ4v) is 0.994. The van der Waals surface area contributed by atoms with Gasteiger partial charge in [-0.2, -0.15) is 0 Å². The molecule has 0 fully saturated rings. The van der Waals surface area contributed by atoms with Crippen molar-refractivity contribution in [1.29, 1.82) is 0 Å². The van der Waals surface area contributed by atoms with E-state index >= 15 is 0 Å². The van der Waals surface area contributed by atoms with Gasteiger partial charge >= 0.3 is 0 Å². The molecular weight excluding hydrogens is 156 g/mol. The molecule has 4 heteroatoms. The molecular formula is C8H15N2O2+. The Morgan fingerprint density at radius 3 is 2.92 bits per heavy atom.